The smallest absolute Gasteiger partial charge is 0.335 e. The van der Waals surface area contributed by atoms with Gasteiger partial charge in [-0.2, -0.15) is 0 Å². The van der Waals surface area contributed by atoms with Crippen LogP contribution in [0.3, 0.4) is 0 Å². The van der Waals surface area contributed by atoms with Gasteiger partial charge in [0.05, 0.1) is 11.8 Å². The lowest BCUT2D eigenvalue weighted by molar-refractivity contribution is 0.0697. The molecular weight excluding hydrogens is 185 g/mol. The Bertz CT molecular complexity index is 510. The zero-order chi connectivity index (χ0) is 10.1. The number of carbonyl (C=O) groups is 1. The second-order valence-electron chi connectivity index (χ2n) is 2.86. The number of fused-ring (bicyclic) bond motifs is 1. The van der Waals surface area contributed by atoms with Crippen molar-refractivity contribution < 1.29 is 14.3 Å². The molecule has 0 spiro atoms. The van der Waals surface area contributed by atoms with E-state index in [0.717, 1.165) is 6.20 Å². The summed E-state index contributed by atoms with van der Waals surface area (Å²) in [6.45, 7) is 0. The summed E-state index contributed by atoms with van der Waals surface area (Å²) >= 11 is 0. The van der Waals surface area contributed by atoms with E-state index in [1.54, 1.807) is 0 Å². The van der Waals surface area contributed by atoms with Gasteiger partial charge in [0.2, 0.25) is 0 Å². The van der Waals surface area contributed by atoms with Crippen LogP contribution < -0.4 is 0 Å². The third-order valence-corrected chi connectivity index (χ3v) is 1.96. The number of carboxylic acids is 1. The number of nitrogens with zero attached hydrogens (tertiary/aromatic N) is 1. The van der Waals surface area contributed by atoms with Crippen molar-refractivity contribution in [2.24, 2.45) is 0 Å². The quantitative estimate of drug-likeness (QED) is 0.750. The van der Waals surface area contributed by atoms with E-state index in [-0.39, 0.29) is 10.9 Å². The number of hydrogen-bond acceptors (Lipinski definition) is 2. The molecule has 0 amide bonds. The second-order valence-corrected chi connectivity index (χ2v) is 2.86. The van der Waals surface area contributed by atoms with Gasteiger partial charge in [-0.1, -0.05) is 6.07 Å². The molecule has 1 heterocycles. The number of pyridine rings is 1. The van der Waals surface area contributed by atoms with E-state index >= 15 is 0 Å². The predicted molar refractivity (Wildman–Crippen MR) is 48.7 cm³/mol. The minimum Gasteiger partial charge on any atom is -0.478 e. The Balaban J connectivity index is 2.76. The van der Waals surface area contributed by atoms with Gasteiger partial charge in [0, 0.05) is 17.0 Å². The Labute approximate surface area is 78.8 Å². The molecule has 1 aromatic heterocycles. The predicted octanol–water partition coefficient (Wildman–Crippen LogP) is 2.07. The number of halogens is 1. The highest BCUT2D eigenvalue weighted by Gasteiger charge is 2.06. The van der Waals surface area contributed by atoms with Gasteiger partial charge in [0.25, 0.3) is 0 Å². The number of hydrogen-bond donors (Lipinski definition) is 1. The summed E-state index contributed by atoms with van der Waals surface area (Å²) in [6, 6.07) is 4.26. The highest BCUT2D eigenvalue weighted by molar-refractivity contribution is 5.94. The van der Waals surface area contributed by atoms with E-state index in [1.807, 2.05) is 0 Å². The SMILES string of the molecule is O=C(O)c1ccc2cncc(F)c2c1. The molecule has 0 fully saturated rings. The molecule has 0 bridgehead atoms. The third kappa shape index (κ3) is 1.31. The Hall–Kier alpha value is -1.97. The van der Waals surface area contributed by atoms with Crippen molar-refractivity contribution in [3.8, 4) is 0 Å². The maximum absolute atomic E-state index is 13.2. The van der Waals surface area contributed by atoms with Crippen molar-refractivity contribution in [2.75, 3.05) is 0 Å². The summed E-state index contributed by atoms with van der Waals surface area (Å²) in [6.07, 6.45) is 2.55. The molecule has 2 rings (SSSR count). The van der Waals surface area contributed by atoms with Crippen molar-refractivity contribution in [3.63, 3.8) is 0 Å². The first kappa shape index (κ1) is 8.62. The molecule has 0 atom stereocenters. The number of benzene rings is 1. The molecule has 2 aromatic rings. The van der Waals surface area contributed by atoms with E-state index in [1.165, 1.54) is 24.4 Å². The molecule has 0 aliphatic heterocycles. The number of carboxylic acid groups (broad SMARTS) is 1. The van der Waals surface area contributed by atoms with Gasteiger partial charge < -0.3 is 5.11 Å². The highest BCUT2D eigenvalue weighted by atomic mass is 19.1. The summed E-state index contributed by atoms with van der Waals surface area (Å²) in [5.74, 6) is -1.58. The van der Waals surface area contributed by atoms with Crippen LogP contribution in [0.15, 0.2) is 30.6 Å². The third-order valence-electron chi connectivity index (χ3n) is 1.96. The number of aromatic nitrogens is 1. The van der Waals surface area contributed by atoms with Gasteiger partial charge >= 0.3 is 5.97 Å². The van der Waals surface area contributed by atoms with E-state index in [0.29, 0.717) is 5.39 Å². The Kier molecular flexibility index (Phi) is 1.89. The van der Waals surface area contributed by atoms with Crippen molar-refractivity contribution >= 4 is 16.7 Å². The van der Waals surface area contributed by atoms with Crippen molar-refractivity contribution in [3.05, 3.63) is 42.0 Å². The van der Waals surface area contributed by atoms with E-state index in [4.69, 9.17) is 5.11 Å². The second kappa shape index (κ2) is 3.06. The largest absolute Gasteiger partial charge is 0.478 e. The molecule has 0 unspecified atom stereocenters. The molecule has 70 valence electrons. The molecule has 0 radical (unpaired) electrons. The van der Waals surface area contributed by atoms with E-state index in [2.05, 4.69) is 4.98 Å². The molecule has 0 aliphatic rings. The maximum Gasteiger partial charge on any atom is 0.335 e. The minimum absolute atomic E-state index is 0.0719. The average Bonchev–Trinajstić information content (AvgIpc) is 2.18. The van der Waals surface area contributed by atoms with Crippen LogP contribution in [0.5, 0.6) is 0 Å². The topological polar surface area (TPSA) is 50.2 Å². The van der Waals surface area contributed by atoms with Crippen LogP contribution in [0.2, 0.25) is 0 Å². The summed E-state index contributed by atoms with van der Waals surface area (Å²) in [7, 11) is 0. The molecule has 3 nitrogen and oxygen atoms in total. The van der Waals surface area contributed by atoms with E-state index < -0.39 is 11.8 Å². The van der Waals surface area contributed by atoms with Crippen molar-refractivity contribution in [1.82, 2.24) is 4.98 Å². The molecular formula is C10H6FNO2. The molecule has 0 saturated heterocycles. The molecule has 4 heteroatoms. The summed E-state index contributed by atoms with van der Waals surface area (Å²) in [5, 5.41) is 9.57. The van der Waals surface area contributed by atoms with Crippen LogP contribution in [-0.2, 0) is 0 Å². The summed E-state index contributed by atoms with van der Waals surface area (Å²) < 4.78 is 13.2. The standard InChI is InChI=1S/C10H6FNO2/c11-9-5-12-4-7-2-1-6(10(13)14)3-8(7)9/h1-5H,(H,13,14). The number of aromatic carboxylic acids is 1. The van der Waals surface area contributed by atoms with Crippen molar-refractivity contribution in [2.45, 2.75) is 0 Å². The number of rotatable bonds is 1. The first-order chi connectivity index (χ1) is 6.68. The molecule has 14 heavy (non-hydrogen) atoms. The molecule has 1 N–H and O–H groups in total. The lowest BCUT2D eigenvalue weighted by Crippen LogP contribution is -1.96. The highest BCUT2D eigenvalue weighted by Crippen LogP contribution is 2.17. The van der Waals surface area contributed by atoms with Crippen LogP contribution in [-0.4, -0.2) is 16.1 Å². The fraction of sp³-hybridized carbons (Fsp3) is 0. The van der Waals surface area contributed by atoms with Crippen LogP contribution in [0.1, 0.15) is 10.4 Å². The van der Waals surface area contributed by atoms with Gasteiger partial charge in [-0.3, -0.25) is 4.98 Å². The van der Waals surface area contributed by atoms with Gasteiger partial charge in [0.1, 0.15) is 5.82 Å². The first-order valence-electron chi connectivity index (χ1n) is 3.95. The zero-order valence-electron chi connectivity index (χ0n) is 7.07. The Morgan fingerprint density at radius 1 is 1.36 bits per heavy atom. The summed E-state index contributed by atoms with van der Waals surface area (Å²) in [4.78, 5) is 14.3. The van der Waals surface area contributed by atoms with Crippen molar-refractivity contribution in [1.29, 1.82) is 0 Å². The lowest BCUT2D eigenvalue weighted by Gasteiger charge is -1.99. The van der Waals surface area contributed by atoms with E-state index in [9.17, 15) is 9.18 Å². The normalized spacial score (nSPS) is 10.4. The molecule has 0 saturated carbocycles. The van der Waals surface area contributed by atoms with Gasteiger partial charge in [-0.25, -0.2) is 9.18 Å². The first-order valence-corrected chi connectivity index (χ1v) is 3.95. The van der Waals surface area contributed by atoms with Crippen LogP contribution in [0.4, 0.5) is 4.39 Å². The van der Waals surface area contributed by atoms with Crippen LogP contribution in [0.25, 0.3) is 10.8 Å². The van der Waals surface area contributed by atoms with Crippen LogP contribution >= 0.6 is 0 Å². The minimum atomic E-state index is -1.07. The fourth-order valence-electron chi connectivity index (χ4n) is 1.26. The maximum atomic E-state index is 13.2. The van der Waals surface area contributed by atoms with Crippen LogP contribution in [0, 0.1) is 5.82 Å². The van der Waals surface area contributed by atoms with Gasteiger partial charge in [-0.05, 0) is 12.1 Å². The van der Waals surface area contributed by atoms with Gasteiger partial charge in [0.15, 0.2) is 0 Å². The van der Waals surface area contributed by atoms with Gasteiger partial charge in [-0.15, -0.1) is 0 Å². The lowest BCUT2D eigenvalue weighted by atomic mass is 10.1. The fourth-order valence-corrected chi connectivity index (χ4v) is 1.26. The Morgan fingerprint density at radius 2 is 2.14 bits per heavy atom. The molecule has 1 aromatic carbocycles. The zero-order valence-corrected chi connectivity index (χ0v) is 7.07. The summed E-state index contributed by atoms with van der Waals surface area (Å²) in [5.41, 5.74) is 0.0719. The Morgan fingerprint density at radius 3 is 2.86 bits per heavy atom. The average molecular weight is 191 g/mol. The monoisotopic (exact) mass is 191 g/mol. The molecule has 0 aliphatic carbocycles.